The van der Waals surface area contributed by atoms with Crippen LogP contribution in [0.25, 0.3) is 0 Å². The molecule has 1 fully saturated rings. The molecule has 0 radical (unpaired) electrons. The molecule has 0 aromatic carbocycles. The number of nitrogens with zero attached hydrogens (tertiary/aromatic N) is 2. The lowest BCUT2D eigenvalue weighted by Crippen LogP contribution is -2.49. The minimum Gasteiger partial charge on any atom is -0.465 e. The fourth-order valence-corrected chi connectivity index (χ4v) is 2.24. The summed E-state index contributed by atoms with van der Waals surface area (Å²) in [6.45, 7) is 5.00. The van der Waals surface area contributed by atoms with Gasteiger partial charge in [-0.15, -0.1) is 0 Å². The Labute approximate surface area is 97.2 Å². The van der Waals surface area contributed by atoms with Crippen LogP contribution in [0.15, 0.2) is 0 Å². The lowest BCUT2D eigenvalue weighted by molar-refractivity contribution is -0.150. The molecular weight excluding hydrogens is 204 g/mol. The molecule has 0 aliphatic carbocycles. The van der Waals surface area contributed by atoms with E-state index in [0.717, 1.165) is 25.8 Å². The highest BCUT2D eigenvalue weighted by atomic mass is 16.5. The largest absolute Gasteiger partial charge is 0.465 e. The topological polar surface area (TPSA) is 53.3 Å². The van der Waals surface area contributed by atoms with Crippen molar-refractivity contribution in [3.8, 4) is 6.07 Å². The highest BCUT2D eigenvalue weighted by Gasteiger charge is 2.32. The van der Waals surface area contributed by atoms with Crippen molar-refractivity contribution in [3.05, 3.63) is 0 Å². The van der Waals surface area contributed by atoms with E-state index in [4.69, 9.17) is 10.00 Å². The summed E-state index contributed by atoms with van der Waals surface area (Å²) in [6.07, 6.45) is 3.71. The van der Waals surface area contributed by atoms with Gasteiger partial charge < -0.3 is 4.74 Å². The summed E-state index contributed by atoms with van der Waals surface area (Å²) < 4.78 is 5.05. The van der Waals surface area contributed by atoms with Gasteiger partial charge in [-0.1, -0.05) is 6.92 Å². The molecule has 0 amide bonds. The molecule has 0 N–H and O–H groups in total. The minimum atomic E-state index is -0.245. The molecule has 0 aromatic rings. The van der Waals surface area contributed by atoms with Gasteiger partial charge in [-0.25, -0.2) is 0 Å². The van der Waals surface area contributed by atoms with E-state index in [9.17, 15) is 4.79 Å². The van der Waals surface area contributed by atoms with Crippen LogP contribution in [0, 0.1) is 11.3 Å². The van der Waals surface area contributed by atoms with Crippen molar-refractivity contribution in [3.63, 3.8) is 0 Å². The predicted molar refractivity (Wildman–Crippen MR) is 60.7 cm³/mol. The Morgan fingerprint density at radius 3 is 2.88 bits per heavy atom. The van der Waals surface area contributed by atoms with Crippen LogP contribution in [0.4, 0.5) is 0 Å². The van der Waals surface area contributed by atoms with Crippen LogP contribution in [0.1, 0.15) is 39.5 Å². The number of carbonyl (C=O) groups excluding carboxylic acids is 1. The maximum atomic E-state index is 11.8. The molecule has 90 valence electrons. The Bertz CT molecular complexity index is 273. The third-order valence-electron chi connectivity index (χ3n) is 3.04. The summed E-state index contributed by atoms with van der Waals surface area (Å²) in [5.41, 5.74) is 0. The van der Waals surface area contributed by atoms with Crippen LogP contribution in [0.3, 0.4) is 0 Å². The molecule has 1 saturated heterocycles. The van der Waals surface area contributed by atoms with Crippen LogP contribution in [0.2, 0.25) is 0 Å². The first kappa shape index (κ1) is 13.0. The Kier molecular flexibility index (Phi) is 5.27. The molecule has 1 rings (SSSR count). The van der Waals surface area contributed by atoms with Gasteiger partial charge in [-0.05, 0) is 32.6 Å². The minimum absolute atomic E-state index is 0.122. The van der Waals surface area contributed by atoms with Gasteiger partial charge in [0.05, 0.1) is 18.7 Å². The number of piperidine rings is 1. The van der Waals surface area contributed by atoms with Crippen LogP contribution >= 0.6 is 0 Å². The second kappa shape index (κ2) is 6.49. The Morgan fingerprint density at radius 1 is 1.56 bits per heavy atom. The Hall–Kier alpha value is -1.08. The van der Waals surface area contributed by atoms with Gasteiger partial charge in [0.25, 0.3) is 0 Å². The first-order valence-electron chi connectivity index (χ1n) is 6.06. The number of hydrogen-bond acceptors (Lipinski definition) is 4. The average Bonchev–Trinajstić information content (AvgIpc) is 2.31. The summed E-state index contributed by atoms with van der Waals surface area (Å²) in [5.74, 6) is -0.188. The second-order valence-corrected chi connectivity index (χ2v) is 4.05. The highest BCUT2D eigenvalue weighted by molar-refractivity contribution is 5.75. The quantitative estimate of drug-likeness (QED) is 0.682. The number of ether oxygens (including phenoxy) is 1. The maximum absolute atomic E-state index is 11.8. The SMILES string of the molecule is CCOC(=O)C(CC)N1CCCCC1C#N. The molecule has 0 aromatic heterocycles. The fourth-order valence-electron chi connectivity index (χ4n) is 2.24. The van der Waals surface area contributed by atoms with Crippen molar-refractivity contribution in [2.24, 2.45) is 0 Å². The molecule has 16 heavy (non-hydrogen) atoms. The summed E-state index contributed by atoms with van der Waals surface area (Å²) in [5, 5.41) is 9.07. The van der Waals surface area contributed by atoms with E-state index in [2.05, 4.69) is 6.07 Å². The van der Waals surface area contributed by atoms with E-state index in [1.165, 1.54) is 0 Å². The number of likely N-dealkylation sites (tertiary alicyclic amines) is 1. The standard InChI is InChI=1S/C12H20N2O2/c1-3-11(12(15)16-4-2)14-8-6-5-7-10(14)9-13/h10-11H,3-8H2,1-2H3. The number of hydrogen-bond donors (Lipinski definition) is 0. The van der Waals surface area contributed by atoms with Gasteiger partial charge >= 0.3 is 5.97 Å². The third-order valence-corrected chi connectivity index (χ3v) is 3.04. The molecular formula is C12H20N2O2. The molecule has 4 heteroatoms. The Morgan fingerprint density at radius 2 is 2.31 bits per heavy atom. The van der Waals surface area contributed by atoms with Crippen molar-refractivity contribution in [1.29, 1.82) is 5.26 Å². The fraction of sp³-hybridized carbons (Fsp3) is 0.833. The first-order chi connectivity index (χ1) is 7.74. The van der Waals surface area contributed by atoms with Gasteiger partial charge in [0.15, 0.2) is 0 Å². The zero-order valence-corrected chi connectivity index (χ0v) is 10.1. The summed E-state index contributed by atoms with van der Waals surface area (Å²) in [4.78, 5) is 13.8. The van der Waals surface area contributed by atoms with Crippen LogP contribution < -0.4 is 0 Å². The van der Waals surface area contributed by atoms with E-state index in [1.54, 1.807) is 0 Å². The zero-order chi connectivity index (χ0) is 12.0. The molecule has 0 spiro atoms. The third kappa shape index (κ3) is 2.96. The summed E-state index contributed by atoms with van der Waals surface area (Å²) in [7, 11) is 0. The first-order valence-corrected chi connectivity index (χ1v) is 6.06. The maximum Gasteiger partial charge on any atom is 0.323 e. The number of esters is 1. The van der Waals surface area contributed by atoms with Gasteiger partial charge in [0.2, 0.25) is 0 Å². The molecule has 2 unspecified atom stereocenters. The molecule has 2 atom stereocenters. The van der Waals surface area contributed by atoms with E-state index in [1.807, 2.05) is 18.7 Å². The summed E-state index contributed by atoms with van der Waals surface area (Å²) >= 11 is 0. The number of carbonyl (C=O) groups is 1. The smallest absolute Gasteiger partial charge is 0.323 e. The lowest BCUT2D eigenvalue weighted by atomic mass is 10.00. The van der Waals surface area contributed by atoms with E-state index in [-0.39, 0.29) is 18.1 Å². The van der Waals surface area contributed by atoms with Crippen molar-refractivity contribution in [2.75, 3.05) is 13.2 Å². The monoisotopic (exact) mass is 224 g/mol. The zero-order valence-electron chi connectivity index (χ0n) is 10.1. The highest BCUT2D eigenvalue weighted by Crippen LogP contribution is 2.21. The van der Waals surface area contributed by atoms with E-state index >= 15 is 0 Å². The van der Waals surface area contributed by atoms with Crippen LogP contribution in [-0.2, 0) is 9.53 Å². The lowest BCUT2D eigenvalue weighted by Gasteiger charge is -2.36. The molecule has 1 heterocycles. The van der Waals surface area contributed by atoms with Gasteiger partial charge in [0, 0.05) is 6.54 Å². The van der Waals surface area contributed by atoms with Crippen molar-refractivity contribution >= 4 is 5.97 Å². The predicted octanol–water partition coefficient (Wildman–Crippen LogP) is 1.71. The number of nitriles is 1. The summed E-state index contributed by atoms with van der Waals surface area (Å²) in [6, 6.07) is 1.92. The van der Waals surface area contributed by atoms with Gasteiger partial charge in [-0.2, -0.15) is 5.26 Å². The van der Waals surface area contributed by atoms with Gasteiger partial charge in [0.1, 0.15) is 6.04 Å². The van der Waals surface area contributed by atoms with Gasteiger partial charge in [-0.3, -0.25) is 9.69 Å². The molecule has 0 bridgehead atoms. The Balaban J connectivity index is 2.69. The molecule has 1 aliphatic rings. The van der Waals surface area contributed by atoms with Crippen LogP contribution in [-0.4, -0.2) is 36.1 Å². The number of rotatable bonds is 4. The van der Waals surface area contributed by atoms with Crippen LogP contribution in [0.5, 0.6) is 0 Å². The van der Waals surface area contributed by atoms with Crippen molar-refractivity contribution < 1.29 is 9.53 Å². The van der Waals surface area contributed by atoms with E-state index in [0.29, 0.717) is 13.0 Å². The molecule has 4 nitrogen and oxygen atoms in total. The molecule has 0 saturated carbocycles. The van der Waals surface area contributed by atoms with Crippen molar-refractivity contribution in [2.45, 2.75) is 51.6 Å². The van der Waals surface area contributed by atoms with E-state index < -0.39 is 0 Å². The molecule has 1 aliphatic heterocycles. The average molecular weight is 224 g/mol. The normalized spacial score (nSPS) is 23.4. The van der Waals surface area contributed by atoms with Crippen molar-refractivity contribution in [1.82, 2.24) is 4.90 Å². The second-order valence-electron chi connectivity index (χ2n) is 4.05.